The van der Waals surface area contributed by atoms with Crippen LogP contribution in [0.15, 0.2) is 12.4 Å². The van der Waals surface area contributed by atoms with Crippen molar-refractivity contribution in [3.8, 4) is 0 Å². The summed E-state index contributed by atoms with van der Waals surface area (Å²) in [7, 11) is 2.17. The van der Waals surface area contributed by atoms with E-state index >= 15 is 0 Å². The molecule has 1 aromatic heterocycles. The van der Waals surface area contributed by atoms with Crippen LogP contribution in [0.1, 0.15) is 63.1 Å². The van der Waals surface area contributed by atoms with Gasteiger partial charge in [-0.2, -0.15) is 0 Å². The molecule has 2 aliphatic rings. The normalized spacial score (nSPS) is 25.3. The Labute approximate surface area is 133 Å². The van der Waals surface area contributed by atoms with Crippen molar-refractivity contribution < 1.29 is 5.11 Å². The topological polar surface area (TPSA) is 61.3 Å². The molecule has 1 atom stereocenters. The molecule has 2 N–H and O–H groups in total. The molecule has 2 heterocycles. The second kappa shape index (κ2) is 6.92. The van der Waals surface area contributed by atoms with Crippen LogP contribution in [-0.2, 0) is 0 Å². The van der Waals surface area contributed by atoms with E-state index < -0.39 is 5.60 Å². The Morgan fingerprint density at radius 2 is 2.09 bits per heavy atom. The van der Waals surface area contributed by atoms with Crippen LogP contribution >= 0.6 is 0 Å². The number of anilines is 1. The second-order valence-corrected chi connectivity index (χ2v) is 6.93. The highest BCUT2D eigenvalue weighted by Gasteiger charge is 2.30. The molecular formula is C17H28N4O. The van der Waals surface area contributed by atoms with Gasteiger partial charge in [-0.15, -0.1) is 0 Å². The van der Waals surface area contributed by atoms with Crippen LogP contribution in [0.2, 0.25) is 0 Å². The lowest BCUT2D eigenvalue weighted by molar-refractivity contribution is 0.0424. The van der Waals surface area contributed by atoms with Gasteiger partial charge in [-0.3, -0.25) is 9.88 Å². The van der Waals surface area contributed by atoms with Crippen molar-refractivity contribution in [3.05, 3.63) is 18.1 Å². The van der Waals surface area contributed by atoms with E-state index in [1.165, 1.54) is 12.8 Å². The van der Waals surface area contributed by atoms with Crippen molar-refractivity contribution in [2.45, 2.75) is 63.0 Å². The molecule has 2 fully saturated rings. The van der Waals surface area contributed by atoms with Crippen molar-refractivity contribution in [1.82, 2.24) is 14.9 Å². The van der Waals surface area contributed by atoms with E-state index in [0.717, 1.165) is 63.1 Å². The Kier molecular flexibility index (Phi) is 4.93. The molecule has 0 aromatic carbocycles. The van der Waals surface area contributed by atoms with Crippen molar-refractivity contribution in [2.24, 2.45) is 0 Å². The minimum atomic E-state index is -0.457. The van der Waals surface area contributed by atoms with Gasteiger partial charge in [-0.05, 0) is 45.7 Å². The zero-order valence-corrected chi connectivity index (χ0v) is 13.6. The highest BCUT2D eigenvalue weighted by Crippen LogP contribution is 2.32. The summed E-state index contributed by atoms with van der Waals surface area (Å²) in [5, 5.41) is 13.7. The first-order valence-electron chi connectivity index (χ1n) is 8.65. The first-order valence-corrected chi connectivity index (χ1v) is 8.65. The average molecular weight is 304 g/mol. The van der Waals surface area contributed by atoms with Gasteiger partial charge in [0.05, 0.1) is 29.7 Å². The molecule has 0 radical (unpaired) electrons. The quantitative estimate of drug-likeness (QED) is 0.876. The molecule has 122 valence electrons. The van der Waals surface area contributed by atoms with Crippen LogP contribution in [0.4, 0.5) is 5.82 Å². The zero-order valence-electron chi connectivity index (χ0n) is 13.6. The van der Waals surface area contributed by atoms with Crippen LogP contribution in [0.25, 0.3) is 0 Å². The van der Waals surface area contributed by atoms with E-state index in [4.69, 9.17) is 4.98 Å². The summed E-state index contributed by atoms with van der Waals surface area (Å²) in [4.78, 5) is 11.5. The van der Waals surface area contributed by atoms with Gasteiger partial charge in [0.15, 0.2) is 0 Å². The van der Waals surface area contributed by atoms with E-state index in [1.807, 2.05) is 6.20 Å². The summed E-state index contributed by atoms with van der Waals surface area (Å²) in [6.07, 6.45) is 12.3. The number of likely N-dealkylation sites (tertiary alicyclic amines) is 1. The number of piperidine rings is 1. The van der Waals surface area contributed by atoms with Gasteiger partial charge < -0.3 is 10.4 Å². The summed E-state index contributed by atoms with van der Waals surface area (Å²) in [5.74, 6) is 0.832. The largest absolute Gasteiger partial charge is 0.390 e. The number of rotatable bonds is 5. The Morgan fingerprint density at radius 3 is 2.86 bits per heavy atom. The number of aliphatic hydroxyl groups is 1. The van der Waals surface area contributed by atoms with Gasteiger partial charge in [0.25, 0.3) is 0 Å². The van der Waals surface area contributed by atoms with E-state index in [2.05, 4.69) is 22.2 Å². The number of hydrogen-bond donors (Lipinski definition) is 2. The first kappa shape index (κ1) is 15.7. The molecule has 22 heavy (non-hydrogen) atoms. The fraction of sp³-hybridized carbons (Fsp3) is 0.765. The Balaban J connectivity index is 1.56. The van der Waals surface area contributed by atoms with Crippen LogP contribution in [0.5, 0.6) is 0 Å². The van der Waals surface area contributed by atoms with Gasteiger partial charge in [0.2, 0.25) is 0 Å². The van der Waals surface area contributed by atoms with Crippen molar-refractivity contribution in [2.75, 3.05) is 25.5 Å². The van der Waals surface area contributed by atoms with Gasteiger partial charge in [0.1, 0.15) is 5.82 Å². The van der Waals surface area contributed by atoms with Crippen molar-refractivity contribution in [1.29, 1.82) is 0 Å². The predicted molar refractivity (Wildman–Crippen MR) is 87.8 cm³/mol. The lowest BCUT2D eigenvalue weighted by atomic mass is 9.98. The smallest absolute Gasteiger partial charge is 0.144 e. The molecule has 1 aliphatic carbocycles. The molecule has 5 nitrogen and oxygen atoms in total. The maximum Gasteiger partial charge on any atom is 0.144 e. The highest BCUT2D eigenvalue weighted by atomic mass is 16.3. The summed E-state index contributed by atoms with van der Waals surface area (Å²) in [6, 6.07) is 0.391. The number of aromatic nitrogens is 2. The Bertz CT molecular complexity index is 487. The SMILES string of the molecule is CN1CCCC[C@@H]1c1cncc(NCCC2(O)CCCC2)n1. The molecule has 1 saturated carbocycles. The third-order valence-electron chi connectivity index (χ3n) is 5.20. The second-order valence-electron chi connectivity index (χ2n) is 6.93. The third-order valence-corrected chi connectivity index (χ3v) is 5.20. The maximum absolute atomic E-state index is 10.4. The minimum absolute atomic E-state index is 0.391. The first-order chi connectivity index (χ1) is 10.7. The molecule has 0 amide bonds. The highest BCUT2D eigenvalue weighted by molar-refractivity contribution is 5.32. The fourth-order valence-electron chi connectivity index (χ4n) is 3.78. The van der Waals surface area contributed by atoms with E-state index in [0.29, 0.717) is 6.04 Å². The van der Waals surface area contributed by atoms with Crippen molar-refractivity contribution in [3.63, 3.8) is 0 Å². The summed E-state index contributed by atoms with van der Waals surface area (Å²) >= 11 is 0. The number of nitrogens with zero attached hydrogens (tertiary/aromatic N) is 3. The van der Waals surface area contributed by atoms with Crippen molar-refractivity contribution >= 4 is 5.82 Å². The Morgan fingerprint density at radius 1 is 1.27 bits per heavy atom. The molecule has 0 unspecified atom stereocenters. The molecule has 5 heteroatoms. The van der Waals surface area contributed by atoms with Crippen LogP contribution < -0.4 is 5.32 Å². The minimum Gasteiger partial charge on any atom is -0.390 e. The standard InChI is InChI=1S/C17H28N4O/c1-21-11-5-2-6-15(21)14-12-18-13-16(20-14)19-10-9-17(22)7-3-4-8-17/h12-13,15,22H,2-11H2,1H3,(H,19,20)/t15-/m1/s1. The van der Waals surface area contributed by atoms with Gasteiger partial charge in [-0.25, -0.2) is 4.98 Å². The summed E-state index contributed by atoms with van der Waals surface area (Å²) < 4.78 is 0. The molecule has 1 aliphatic heterocycles. The van der Waals surface area contributed by atoms with Crippen LogP contribution in [0.3, 0.4) is 0 Å². The molecular weight excluding hydrogens is 276 g/mol. The average Bonchev–Trinajstić information content (AvgIpc) is 2.95. The van der Waals surface area contributed by atoms with Crippen LogP contribution in [0, 0.1) is 0 Å². The molecule has 0 spiro atoms. The maximum atomic E-state index is 10.4. The van der Waals surface area contributed by atoms with Gasteiger partial charge in [0, 0.05) is 6.54 Å². The third kappa shape index (κ3) is 3.76. The molecule has 3 rings (SSSR count). The molecule has 1 aromatic rings. The monoisotopic (exact) mass is 304 g/mol. The van der Waals surface area contributed by atoms with E-state index in [-0.39, 0.29) is 0 Å². The fourth-order valence-corrected chi connectivity index (χ4v) is 3.78. The number of nitrogens with one attached hydrogen (secondary N) is 1. The van der Waals surface area contributed by atoms with E-state index in [1.54, 1.807) is 6.20 Å². The lowest BCUT2D eigenvalue weighted by Crippen LogP contribution is -2.30. The summed E-state index contributed by atoms with van der Waals surface area (Å²) in [5.41, 5.74) is 0.605. The Hall–Kier alpha value is -1.20. The summed E-state index contributed by atoms with van der Waals surface area (Å²) in [6.45, 7) is 1.90. The lowest BCUT2D eigenvalue weighted by Gasteiger charge is -2.31. The molecule has 1 saturated heterocycles. The van der Waals surface area contributed by atoms with Gasteiger partial charge >= 0.3 is 0 Å². The number of hydrogen-bond acceptors (Lipinski definition) is 5. The van der Waals surface area contributed by atoms with E-state index in [9.17, 15) is 5.11 Å². The molecule has 0 bridgehead atoms. The predicted octanol–water partition coefficient (Wildman–Crippen LogP) is 2.74. The zero-order chi connectivity index (χ0) is 15.4. The van der Waals surface area contributed by atoms with Gasteiger partial charge in [-0.1, -0.05) is 19.3 Å². The van der Waals surface area contributed by atoms with Crippen LogP contribution in [-0.4, -0.2) is 45.7 Å².